The van der Waals surface area contributed by atoms with Gasteiger partial charge >= 0.3 is 0 Å². The summed E-state index contributed by atoms with van der Waals surface area (Å²) < 4.78 is 19.0. The summed E-state index contributed by atoms with van der Waals surface area (Å²) in [6.07, 6.45) is 1.37. The molecule has 0 aliphatic heterocycles. The minimum atomic E-state index is -0.615. The molecule has 1 atom stereocenters. The molecule has 0 aliphatic rings. The highest BCUT2D eigenvalue weighted by molar-refractivity contribution is 5.38. The smallest absolute Gasteiger partial charge is 0.167 e. The summed E-state index contributed by atoms with van der Waals surface area (Å²) in [4.78, 5) is 4.06. The van der Waals surface area contributed by atoms with E-state index in [1.807, 2.05) is 13.0 Å². The predicted molar refractivity (Wildman–Crippen MR) is 70.7 cm³/mol. The summed E-state index contributed by atoms with van der Waals surface area (Å²) in [5.74, 6) is -0.225. The molecule has 1 unspecified atom stereocenters. The number of aliphatic hydroxyl groups excluding tert-OH is 1. The van der Waals surface area contributed by atoms with Crippen LogP contribution < -0.4 is 4.74 Å². The fourth-order valence-electron chi connectivity index (χ4n) is 1.64. The normalized spacial score (nSPS) is 11.7. The Morgan fingerprint density at radius 1 is 1.40 bits per heavy atom. The third-order valence-corrected chi connectivity index (χ3v) is 2.78. The topological polar surface area (TPSA) is 66.1 Å². The van der Waals surface area contributed by atoms with Crippen molar-refractivity contribution < 1.29 is 14.2 Å². The molecule has 0 amide bonds. The van der Waals surface area contributed by atoms with E-state index >= 15 is 0 Å². The zero-order valence-electron chi connectivity index (χ0n) is 10.9. The van der Waals surface area contributed by atoms with Crippen molar-refractivity contribution in [3.63, 3.8) is 0 Å². The molecule has 0 fully saturated rings. The number of hydrogen-bond donors (Lipinski definition) is 1. The standard InChI is InChI=1S/C15H13FN2O2/c1-2-14(19)13-5-4-11(9-18-13)20-15-6-3-10(8-17)7-12(15)16/h3-7,9,14,19H,2H2,1H3. The Morgan fingerprint density at radius 3 is 2.75 bits per heavy atom. The van der Waals surface area contributed by atoms with Crippen molar-refractivity contribution in [2.45, 2.75) is 19.4 Å². The van der Waals surface area contributed by atoms with E-state index in [1.54, 1.807) is 12.1 Å². The number of aromatic nitrogens is 1. The van der Waals surface area contributed by atoms with Gasteiger partial charge in [0.2, 0.25) is 0 Å². The van der Waals surface area contributed by atoms with Gasteiger partial charge in [0, 0.05) is 0 Å². The van der Waals surface area contributed by atoms with Gasteiger partial charge in [-0.3, -0.25) is 4.98 Å². The average molecular weight is 272 g/mol. The van der Waals surface area contributed by atoms with Gasteiger partial charge in [-0.05, 0) is 36.8 Å². The van der Waals surface area contributed by atoms with Crippen LogP contribution in [0.25, 0.3) is 0 Å². The summed E-state index contributed by atoms with van der Waals surface area (Å²) in [6.45, 7) is 1.85. The average Bonchev–Trinajstić information content (AvgIpc) is 2.49. The maximum atomic E-state index is 13.6. The molecule has 0 aliphatic carbocycles. The molecular formula is C15H13FN2O2. The van der Waals surface area contributed by atoms with E-state index < -0.39 is 11.9 Å². The molecule has 2 aromatic rings. The van der Waals surface area contributed by atoms with Crippen molar-refractivity contribution in [1.29, 1.82) is 5.26 Å². The van der Waals surface area contributed by atoms with Gasteiger partial charge in [-0.1, -0.05) is 6.92 Å². The van der Waals surface area contributed by atoms with Crippen LogP contribution >= 0.6 is 0 Å². The van der Waals surface area contributed by atoms with Crippen LogP contribution in [-0.4, -0.2) is 10.1 Å². The SMILES string of the molecule is CCC(O)c1ccc(Oc2ccc(C#N)cc2F)cn1. The number of pyridine rings is 1. The number of nitriles is 1. The summed E-state index contributed by atoms with van der Waals surface area (Å²) in [6, 6.07) is 9.06. The molecule has 1 heterocycles. The molecule has 0 bridgehead atoms. The Labute approximate surface area is 116 Å². The molecule has 4 nitrogen and oxygen atoms in total. The highest BCUT2D eigenvalue weighted by Gasteiger charge is 2.09. The van der Waals surface area contributed by atoms with Crippen LogP contribution in [0.1, 0.15) is 30.7 Å². The zero-order valence-corrected chi connectivity index (χ0v) is 10.9. The van der Waals surface area contributed by atoms with E-state index in [-0.39, 0.29) is 11.3 Å². The lowest BCUT2D eigenvalue weighted by atomic mass is 10.2. The lowest BCUT2D eigenvalue weighted by Crippen LogP contribution is -1.98. The third-order valence-electron chi connectivity index (χ3n) is 2.78. The van der Waals surface area contributed by atoms with Crippen LogP contribution in [0.4, 0.5) is 4.39 Å². The van der Waals surface area contributed by atoms with Crippen molar-refractivity contribution in [1.82, 2.24) is 4.98 Å². The Kier molecular flexibility index (Phi) is 4.28. The van der Waals surface area contributed by atoms with Crippen molar-refractivity contribution in [2.24, 2.45) is 0 Å². The quantitative estimate of drug-likeness (QED) is 0.927. The van der Waals surface area contributed by atoms with Gasteiger partial charge in [-0.15, -0.1) is 0 Å². The molecule has 20 heavy (non-hydrogen) atoms. The number of ether oxygens (including phenoxy) is 1. The summed E-state index contributed by atoms with van der Waals surface area (Å²) in [5, 5.41) is 18.3. The van der Waals surface area contributed by atoms with Gasteiger partial charge in [-0.2, -0.15) is 5.26 Å². The lowest BCUT2D eigenvalue weighted by Gasteiger charge is -2.09. The second-order valence-electron chi connectivity index (χ2n) is 4.20. The molecule has 0 saturated heterocycles. The van der Waals surface area contributed by atoms with E-state index in [9.17, 15) is 9.50 Å². The monoisotopic (exact) mass is 272 g/mol. The second-order valence-corrected chi connectivity index (χ2v) is 4.20. The lowest BCUT2D eigenvalue weighted by molar-refractivity contribution is 0.169. The van der Waals surface area contributed by atoms with Crippen molar-refractivity contribution in [3.05, 3.63) is 53.6 Å². The summed E-state index contributed by atoms with van der Waals surface area (Å²) >= 11 is 0. The van der Waals surface area contributed by atoms with E-state index in [2.05, 4.69) is 4.98 Å². The van der Waals surface area contributed by atoms with Crippen molar-refractivity contribution >= 4 is 0 Å². The molecule has 1 aromatic heterocycles. The van der Waals surface area contributed by atoms with Crippen LogP contribution in [0.3, 0.4) is 0 Å². The maximum absolute atomic E-state index is 13.6. The van der Waals surface area contributed by atoms with Gasteiger partial charge in [0.1, 0.15) is 5.75 Å². The van der Waals surface area contributed by atoms with E-state index in [0.29, 0.717) is 17.9 Å². The second kappa shape index (κ2) is 6.13. The first-order valence-electron chi connectivity index (χ1n) is 6.15. The minimum Gasteiger partial charge on any atom is -0.453 e. The number of nitrogens with zero attached hydrogens (tertiary/aromatic N) is 2. The van der Waals surface area contributed by atoms with E-state index in [4.69, 9.17) is 10.00 Å². The van der Waals surface area contributed by atoms with Gasteiger partial charge in [-0.25, -0.2) is 4.39 Å². The zero-order chi connectivity index (χ0) is 14.5. The van der Waals surface area contributed by atoms with Gasteiger partial charge in [0.25, 0.3) is 0 Å². The van der Waals surface area contributed by atoms with Crippen molar-refractivity contribution in [3.8, 4) is 17.6 Å². The molecule has 0 spiro atoms. The van der Waals surface area contributed by atoms with E-state index in [1.165, 1.54) is 18.3 Å². The first-order valence-corrected chi connectivity index (χ1v) is 6.15. The van der Waals surface area contributed by atoms with Gasteiger partial charge in [0.15, 0.2) is 11.6 Å². The minimum absolute atomic E-state index is 0.0228. The predicted octanol–water partition coefficient (Wildman–Crippen LogP) is 3.33. The Balaban J connectivity index is 2.16. The van der Waals surface area contributed by atoms with Crippen LogP contribution in [-0.2, 0) is 0 Å². The molecule has 5 heteroatoms. The summed E-state index contributed by atoms with van der Waals surface area (Å²) in [5.41, 5.74) is 0.773. The fourth-order valence-corrected chi connectivity index (χ4v) is 1.64. The third kappa shape index (κ3) is 3.11. The molecular weight excluding hydrogens is 259 g/mol. The molecule has 0 saturated carbocycles. The van der Waals surface area contributed by atoms with Gasteiger partial charge < -0.3 is 9.84 Å². The van der Waals surface area contributed by atoms with Crippen LogP contribution in [0.15, 0.2) is 36.5 Å². The molecule has 1 N–H and O–H groups in total. The first-order chi connectivity index (χ1) is 9.63. The molecule has 2 rings (SSSR count). The number of benzene rings is 1. The number of aliphatic hydroxyl groups is 1. The number of rotatable bonds is 4. The largest absolute Gasteiger partial charge is 0.453 e. The fraction of sp³-hybridized carbons (Fsp3) is 0.200. The molecule has 102 valence electrons. The molecule has 0 radical (unpaired) electrons. The highest BCUT2D eigenvalue weighted by Crippen LogP contribution is 2.25. The maximum Gasteiger partial charge on any atom is 0.167 e. The Bertz CT molecular complexity index is 635. The van der Waals surface area contributed by atoms with Crippen molar-refractivity contribution in [2.75, 3.05) is 0 Å². The summed E-state index contributed by atoms with van der Waals surface area (Å²) in [7, 11) is 0. The highest BCUT2D eigenvalue weighted by atomic mass is 19.1. The Hall–Kier alpha value is -2.45. The Morgan fingerprint density at radius 2 is 2.20 bits per heavy atom. The van der Waals surface area contributed by atoms with Crippen LogP contribution in [0, 0.1) is 17.1 Å². The molecule has 1 aromatic carbocycles. The van der Waals surface area contributed by atoms with Crippen LogP contribution in [0.5, 0.6) is 11.5 Å². The number of hydrogen-bond acceptors (Lipinski definition) is 4. The van der Waals surface area contributed by atoms with E-state index in [0.717, 1.165) is 6.07 Å². The number of halogens is 1. The first kappa shape index (κ1) is 14.0. The van der Waals surface area contributed by atoms with Gasteiger partial charge in [0.05, 0.1) is 29.6 Å². The van der Waals surface area contributed by atoms with Crippen LogP contribution in [0.2, 0.25) is 0 Å².